The summed E-state index contributed by atoms with van der Waals surface area (Å²) in [5.41, 5.74) is 2.56. The number of amides is 1. The number of unbranched alkanes of at least 4 members (excludes halogenated alkanes) is 5. The van der Waals surface area contributed by atoms with E-state index in [1.165, 1.54) is 43.3 Å². The van der Waals surface area contributed by atoms with Gasteiger partial charge in [0.25, 0.3) is 0 Å². The molecule has 156 valence electrons. The van der Waals surface area contributed by atoms with Crippen molar-refractivity contribution in [1.82, 2.24) is 5.32 Å². The van der Waals surface area contributed by atoms with Gasteiger partial charge in [-0.3, -0.25) is 9.59 Å². The number of ether oxygens (including phenoxy) is 1. The molecule has 0 unspecified atom stereocenters. The van der Waals surface area contributed by atoms with E-state index in [0.29, 0.717) is 25.9 Å². The Morgan fingerprint density at radius 3 is 2.26 bits per heavy atom. The molecule has 0 atom stereocenters. The van der Waals surface area contributed by atoms with E-state index in [0.717, 1.165) is 25.8 Å². The predicted octanol–water partition coefficient (Wildman–Crippen LogP) is 5.87. The Bertz CT molecular complexity index is 462. The lowest BCUT2D eigenvalue weighted by Crippen LogP contribution is -2.24. The van der Waals surface area contributed by atoms with Crippen molar-refractivity contribution >= 4 is 11.9 Å². The van der Waals surface area contributed by atoms with Crippen molar-refractivity contribution in [2.45, 2.75) is 98.3 Å². The molecule has 0 aliphatic carbocycles. The molecule has 27 heavy (non-hydrogen) atoms. The van der Waals surface area contributed by atoms with Crippen LogP contribution in [-0.4, -0.2) is 25.0 Å². The second-order valence-electron chi connectivity index (χ2n) is 7.52. The van der Waals surface area contributed by atoms with Crippen LogP contribution >= 0.6 is 0 Å². The zero-order valence-corrected chi connectivity index (χ0v) is 18.1. The average Bonchev–Trinajstić information content (AvgIpc) is 2.60. The molecule has 1 amide bonds. The maximum atomic E-state index is 11.7. The molecule has 0 rings (SSSR count). The van der Waals surface area contributed by atoms with Gasteiger partial charge in [0.2, 0.25) is 5.91 Å². The Labute approximate surface area is 166 Å². The molecule has 0 aromatic rings. The van der Waals surface area contributed by atoms with Crippen LogP contribution in [0.2, 0.25) is 0 Å². The standard InChI is InChI=1S/C23H41NO3/c1-5-6-7-8-9-10-18-24-22(25)15-12-16-23(26)27-19-17-21(4)14-11-13-20(2)3/h13,17H,5-12,14-16,18-19H2,1-4H3,(H,24,25). The lowest BCUT2D eigenvalue weighted by Gasteiger charge is -2.06. The summed E-state index contributed by atoms with van der Waals surface area (Å²) in [4.78, 5) is 23.4. The van der Waals surface area contributed by atoms with Crippen LogP contribution in [0.1, 0.15) is 98.3 Å². The molecule has 4 heteroatoms. The lowest BCUT2D eigenvalue weighted by molar-refractivity contribution is -0.142. The molecule has 0 aromatic carbocycles. The fourth-order valence-electron chi connectivity index (χ4n) is 2.65. The van der Waals surface area contributed by atoms with E-state index in [2.05, 4.69) is 39.1 Å². The van der Waals surface area contributed by atoms with E-state index in [9.17, 15) is 9.59 Å². The highest BCUT2D eigenvalue weighted by Crippen LogP contribution is 2.07. The first-order chi connectivity index (χ1) is 13.0. The van der Waals surface area contributed by atoms with Crippen LogP contribution in [0.3, 0.4) is 0 Å². The van der Waals surface area contributed by atoms with Crippen LogP contribution in [0, 0.1) is 0 Å². The average molecular weight is 380 g/mol. The van der Waals surface area contributed by atoms with Crippen molar-refractivity contribution in [2.24, 2.45) is 0 Å². The highest BCUT2D eigenvalue weighted by molar-refractivity contribution is 5.76. The molecule has 0 saturated heterocycles. The molecule has 0 bridgehead atoms. The minimum absolute atomic E-state index is 0.0337. The zero-order chi connectivity index (χ0) is 20.3. The third kappa shape index (κ3) is 19.0. The van der Waals surface area contributed by atoms with E-state index in [-0.39, 0.29) is 11.9 Å². The molecular formula is C23H41NO3. The van der Waals surface area contributed by atoms with Crippen molar-refractivity contribution in [1.29, 1.82) is 0 Å². The largest absolute Gasteiger partial charge is 0.461 e. The number of esters is 1. The van der Waals surface area contributed by atoms with Crippen LogP contribution in [0.5, 0.6) is 0 Å². The minimum atomic E-state index is -0.230. The maximum Gasteiger partial charge on any atom is 0.306 e. The van der Waals surface area contributed by atoms with Gasteiger partial charge in [-0.15, -0.1) is 0 Å². The Balaban J connectivity index is 3.61. The van der Waals surface area contributed by atoms with E-state index < -0.39 is 0 Å². The summed E-state index contributed by atoms with van der Waals surface area (Å²) in [6, 6.07) is 0. The van der Waals surface area contributed by atoms with Gasteiger partial charge in [0.15, 0.2) is 0 Å². The number of carbonyl (C=O) groups is 2. The molecule has 0 heterocycles. The summed E-state index contributed by atoms with van der Waals surface area (Å²) >= 11 is 0. The Hall–Kier alpha value is -1.58. The summed E-state index contributed by atoms with van der Waals surface area (Å²) in [7, 11) is 0. The molecule has 4 nitrogen and oxygen atoms in total. The maximum absolute atomic E-state index is 11.7. The number of nitrogens with one attached hydrogen (secondary N) is 1. The molecular weight excluding hydrogens is 338 g/mol. The monoisotopic (exact) mass is 379 g/mol. The number of hydrogen-bond donors (Lipinski definition) is 1. The summed E-state index contributed by atoms with van der Waals surface area (Å²) in [6.45, 7) is 9.52. The lowest BCUT2D eigenvalue weighted by atomic mass is 10.1. The summed E-state index contributed by atoms with van der Waals surface area (Å²) < 4.78 is 5.20. The summed E-state index contributed by atoms with van der Waals surface area (Å²) in [6.07, 6.45) is 14.7. The van der Waals surface area contributed by atoms with Gasteiger partial charge < -0.3 is 10.1 Å². The highest BCUT2D eigenvalue weighted by Gasteiger charge is 2.05. The van der Waals surface area contributed by atoms with E-state index in [1.54, 1.807) is 0 Å². The van der Waals surface area contributed by atoms with Crippen molar-refractivity contribution in [3.05, 3.63) is 23.3 Å². The second-order valence-corrected chi connectivity index (χ2v) is 7.52. The summed E-state index contributed by atoms with van der Waals surface area (Å²) in [5, 5.41) is 2.93. The smallest absolute Gasteiger partial charge is 0.306 e. The van der Waals surface area contributed by atoms with Gasteiger partial charge in [-0.25, -0.2) is 0 Å². The third-order valence-electron chi connectivity index (χ3n) is 4.40. The fourth-order valence-corrected chi connectivity index (χ4v) is 2.65. The van der Waals surface area contributed by atoms with Crippen LogP contribution in [0.4, 0.5) is 0 Å². The van der Waals surface area contributed by atoms with Gasteiger partial charge in [-0.2, -0.15) is 0 Å². The van der Waals surface area contributed by atoms with Crippen molar-refractivity contribution < 1.29 is 14.3 Å². The van der Waals surface area contributed by atoms with Gasteiger partial charge >= 0.3 is 5.97 Å². The second kappa shape index (κ2) is 17.8. The third-order valence-corrected chi connectivity index (χ3v) is 4.40. The number of carbonyl (C=O) groups excluding carboxylic acids is 2. The molecule has 0 spiro atoms. The topological polar surface area (TPSA) is 55.4 Å². The first-order valence-corrected chi connectivity index (χ1v) is 10.7. The fraction of sp³-hybridized carbons (Fsp3) is 0.739. The quantitative estimate of drug-likeness (QED) is 0.207. The normalized spacial score (nSPS) is 11.2. The Kier molecular flexibility index (Phi) is 16.8. The first kappa shape index (κ1) is 25.4. The van der Waals surface area contributed by atoms with E-state index in [4.69, 9.17) is 4.74 Å². The van der Waals surface area contributed by atoms with E-state index >= 15 is 0 Å². The van der Waals surface area contributed by atoms with Crippen molar-refractivity contribution in [2.75, 3.05) is 13.2 Å². The Morgan fingerprint density at radius 1 is 0.852 bits per heavy atom. The Morgan fingerprint density at radius 2 is 1.56 bits per heavy atom. The zero-order valence-electron chi connectivity index (χ0n) is 18.1. The molecule has 0 aliphatic rings. The highest BCUT2D eigenvalue weighted by atomic mass is 16.5. The van der Waals surface area contributed by atoms with Gasteiger partial charge in [-0.1, -0.05) is 56.3 Å². The molecule has 0 fully saturated rings. The SMILES string of the molecule is CCCCCCCCNC(=O)CCCC(=O)OCC=C(C)CCC=C(C)C. The first-order valence-electron chi connectivity index (χ1n) is 10.7. The molecule has 1 N–H and O–H groups in total. The van der Waals surface area contributed by atoms with E-state index in [1.807, 2.05) is 6.08 Å². The van der Waals surface area contributed by atoms with Crippen LogP contribution in [0.15, 0.2) is 23.3 Å². The minimum Gasteiger partial charge on any atom is -0.461 e. The molecule has 0 aliphatic heterocycles. The predicted molar refractivity (Wildman–Crippen MR) is 114 cm³/mol. The molecule has 0 saturated carbocycles. The number of rotatable bonds is 16. The van der Waals surface area contributed by atoms with Crippen LogP contribution in [0.25, 0.3) is 0 Å². The van der Waals surface area contributed by atoms with Crippen molar-refractivity contribution in [3.63, 3.8) is 0 Å². The number of hydrogen-bond acceptors (Lipinski definition) is 3. The molecule has 0 radical (unpaired) electrons. The number of allylic oxidation sites excluding steroid dienone is 3. The van der Waals surface area contributed by atoms with Gasteiger partial charge in [-0.05, 0) is 52.5 Å². The molecule has 0 aromatic heterocycles. The van der Waals surface area contributed by atoms with Crippen LogP contribution in [-0.2, 0) is 14.3 Å². The van der Waals surface area contributed by atoms with Gasteiger partial charge in [0.05, 0.1) is 0 Å². The van der Waals surface area contributed by atoms with Crippen molar-refractivity contribution in [3.8, 4) is 0 Å². The summed E-state index contributed by atoms with van der Waals surface area (Å²) in [5.74, 6) is -0.196. The van der Waals surface area contributed by atoms with Crippen LogP contribution < -0.4 is 5.32 Å². The van der Waals surface area contributed by atoms with Gasteiger partial charge in [0, 0.05) is 19.4 Å². The van der Waals surface area contributed by atoms with Gasteiger partial charge in [0.1, 0.15) is 6.61 Å².